The Labute approximate surface area is 143 Å². The molecule has 0 unspecified atom stereocenters. The van der Waals surface area contributed by atoms with E-state index < -0.39 is 0 Å². The van der Waals surface area contributed by atoms with Crippen LogP contribution in [0.4, 0.5) is 5.69 Å². The molecule has 3 nitrogen and oxygen atoms in total. The van der Waals surface area contributed by atoms with Crippen molar-refractivity contribution in [1.82, 2.24) is 4.98 Å². The van der Waals surface area contributed by atoms with Crippen LogP contribution in [0.5, 0.6) is 0 Å². The molecule has 0 aliphatic heterocycles. The van der Waals surface area contributed by atoms with Crippen molar-refractivity contribution in [3.8, 4) is 11.3 Å². The Kier molecular flexibility index (Phi) is 4.53. The average Bonchev–Trinajstić information content (AvgIpc) is 2.55. The highest BCUT2D eigenvalue weighted by atomic mass is 79.9. The molecule has 0 atom stereocenters. The van der Waals surface area contributed by atoms with Gasteiger partial charge in [0.1, 0.15) is 0 Å². The lowest BCUT2D eigenvalue weighted by atomic mass is 10.1. The van der Waals surface area contributed by atoms with E-state index in [1.54, 1.807) is 6.20 Å². The van der Waals surface area contributed by atoms with Crippen molar-refractivity contribution in [2.24, 2.45) is 0 Å². The number of aryl methyl sites for hydroxylation is 1. The molecule has 0 saturated carbocycles. The van der Waals surface area contributed by atoms with Crippen LogP contribution >= 0.6 is 15.9 Å². The van der Waals surface area contributed by atoms with E-state index in [9.17, 15) is 4.79 Å². The third-order valence-electron chi connectivity index (χ3n) is 3.44. The van der Waals surface area contributed by atoms with Gasteiger partial charge in [-0.15, -0.1) is 0 Å². The fourth-order valence-electron chi connectivity index (χ4n) is 2.26. The number of carbonyl (C=O) groups is 1. The molecule has 0 aliphatic carbocycles. The second kappa shape index (κ2) is 6.75. The monoisotopic (exact) mass is 366 g/mol. The first-order chi connectivity index (χ1) is 11.1. The molecule has 3 aromatic rings. The number of carbonyl (C=O) groups excluding carboxylic acids is 1. The van der Waals surface area contributed by atoms with Gasteiger partial charge in [-0.2, -0.15) is 0 Å². The van der Waals surface area contributed by atoms with Gasteiger partial charge in [-0.3, -0.25) is 9.78 Å². The smallest absolute Gasteiger partial charge is 0.255 e. The molecular weight excluding hydrogens is 352 g/mol. The molecule has 0 saturated heterocycles. The van der Waals surface area contributed by atoms with Crippen LogP contribution in [0.1, 0.15) is 15.9 Å². The zero-order valence-corrected chi connectivity index (χ0v) is 14.2. The summed E-state index contributed by atoms with van der Waals surface area (Å²) in [6, 6.07) is 19.0. The summed E-state index contributed by atoms with van der Waals surface area (Å²) in [7, 11) is 0. The zero-order valence-electron chi connectivity index (χ0n) is 12.6. The quantitative estimate of drug-likeness (QED) is 0.702. The van der Waals surface area contributed by atoms with Crippen molar-refractivity contribution in [3.63, 3.8) is 0 Å². The lowest BCUT2D eigenvalue weighted by molar-refractivity contribution is 0.102. The molecule has 1 N–H and O–H groups in total. The van der Waals surface area contributed by atoms with E-state index in [1.807, 2.05) is 67.6 Å². The number of anilines is 1. The Hall–Kier alpha value is -2.46. The lowest BCUT2D eigenvalue weighted by Crippen LogP contribution is -2.11. The summed E-state index contributed by atoms with van der Waals surface area (Å²) in [4.78, 5) is 16.6. The molecule has 0 fully saturated rings. The molecule has 0 spiro atoms. The number of rotatable bonds is 3. The molecule has 1 heterocycles. The number of nitrogens with zero attached hydrogens (tertiary/aromatic N) is 1. The summed E-state index contributed by atoms with van der Waals surface area (Å²) in [5.41, 5.74) is 4.43. The van der Waals surface area contributed by atoms with Crippen LogP contribution < -0.4 is 5.32 Å². The normalized spacial score (nSPS) is 10.3. The van der Waals surface area contributed by atoms with Gasteiger partial charge in [0.25, 0.3) is 5.91 Å². The summed E-state index contributed by atoms with van der Waals surface area (Å²) in [6.07, 6.45) is 1.79. The number of hydrogen-bond acceptors (Lipinski definition) is 2. The highest BCUT2D eigenvalue weighted by Crippen LogP contribution is 2.20. The third-order valence-corrected chi connectivity index (χ3v) is 3.93. The van der Waals surface area contributed by atoms with Crippen LogP contribution in [0.2, 0.25) is 0 Å². The van der Waals surface area contributed by atoms with E-state index >= 15 is 0 Å². The molecule has 1 amide bonds. The van der Waals surface area contributed by atoms with Gasteiger partial charge in [0.2, 0.25) is 0 Å². The Bertz CT molecular complexity index is 844. The van der Waals surface area contributed by atoms with Crippen LogP contribution in [0, 0.1) is 6.92 Å². The molecule has 114 valence electrons. The van der Waals surface area contributed by atoms with Crippen molar-refractivity contribution in [2.45, 2.75) is 6.92 Å². The minimum atomic E-state index is -0.133. The highest BCUT2D eigenvalue weighted by Gasteiger charge is 2.07. The van der Waals surface area contributed by atoms with E-state index in [-0.39, 0.29) is 5.91 Å². The van der Waals surface area contributed by atoms with Crippen LogP contribution in [0.15, 0.2) is 71.3 Å². The van der Waals surface area contributed by atoms with Crippen LogP contribution in [-0.4, -0.2) is 10.9 Å². The highest BCUT2D eigenvalue weighted by molar-refractivity contribution is 9.10. The van der Waals surface area contributed by atoms with Gasteiger partial charge in [0, 0.05) is 27.5 Å². The van der Waals surface area contributed by atoms with Gasteiger partial charge in [-0.05, 0) is 55.0 Å². The topological polar surface area (TPSA) is 42.0 Å². The summed E-state index contributed by atoms with van der Waals surface area (Å²) >= 11 is 3.39. The molecule has 0 aliphatic rings. The summed E-state index contributed by atoms with van der Waals surface area (Å²) in [5, 5.41) is 2.88. The predicted octanol–water partition coefficient (Wildman–Crippen LogP) is 5.07. The fourth-order valence-corrected chi connectivity index (χ4v) is 2.66. The van der Waals surface area contributed by atoms with Gasteiger partial charge in [-0.1, -0.05) is 34.1 Å². The van der Waals surface area contributed by atoms with Crippen LogP contribution in [0.25, 0.3) is 11.3 Å². The number of aromatic nitrogens is 1. The number of pyridine rings is 1. The first kappa shape index (κ1) is 15.4. The number of nitrogens with one attached hydrogen (secondary N) is 1. The van der Waals surface area contributed by atoms with E-state index in [2.05, 4.69) is 26.2 Å². The molecular formula is C19H15BrN2O. The van der Waals surface area contributed by atoms with Crippen molar-refractivity contribution >= 4 is 27.5 Å². The Morgan fingerprint density at radius 3 is 2.52 bits per heavy atom. The van der Waals surface area contributed by atoms with E-state index in [1.165, 1.54) is 0 Å². The fraction of sp³-hybridized carbons (Fsp3) is 0.0526. The second-order valence-electron chi connectivity index (χ2n) is 5.26. The molecule has 3 rings (SSSR count). The molecule has 4 heteroatoms. The Morgan fingerprint density at radius 1 is 1.04 bits per heavy atom. The number of benzene rings is 2. The van der Waals surface area contributed by atoms with Crippen molar-refractivity contribution in [2.75, 3.05) is 5.32 Å². The molecule has 23 heavy (non-hydrogen) atoms. The van der Waals surface area contributed by atoms with Gasteiger partial charge >= 0.3 is 0 Å². The SMILES string of the molecule is Cc1ccnc(-c2ccc(C(=O)Nc3cccc(Br)c3)cc2)c1. The maximum absolute atomic E-state index is 12.3. The van der Waals surface area contributed by atoms with Crippen molar-refractivity contribution < 1.29 is 4.79 Å². The van der Waals surface area contributed by atoms with Crippen molar-refractivity contribution in [1.29, 1.82) is 0 Å². The van der Waals surface area contributed by atoms with Gasteiger partial charge in [-0.25, -0.2) is 0 Å². The van der Waals surface area contributed by atoms with Crippen LogP contribution in [-0.2, 0) is 0 Å². The minimum absolute atomic E-state index is 0.133. The summed E-state index contributed by atoms with van der Waals surface area (Å²) in [5.74, 6) is -0.133. The number of hydrogen-bond donors (Lipinski definition) is 1. The molecule has 0 radical (unpaired) electrons. The van der Waals surface area contributed by atoms with E-state index in [4.69, 9.17) is 0 Å². The molecule has 2 aromatic carbocycles. The minimum Gasteiger partial charge on any atom is -0.322 e. The maximum Gasteiger partial charge on any atom is 0.255 e. The van der Waals surface area contributed by atoms with E-state index in [0.29, 0.717) is 5.56 Å². The van der Waals surface area contributed by atoms with E-state index in [0.717, 1.165) is 27.0 Å². The van der Waals surface area contributed by atoms with Gasteiger partial charge in [0.15, 0.2) is 0 Å². The van der Waals surface area contributed by atoms with Gasteiger partial charge < -0.3 is 5.32 Å². The largest absolute Gasteiger partial charge is 0.322 e. The van der Waals surface area contributed by atoms with Crippen molar-refractivity contribution in [3.05, 3.63) is 82.5 Å². The maximum atomic E-state index is 12.3. The molecule has 1 aromatic heterocycles. The summed E-state index contributed by atoms with van der Waals surface area (Å²) in [6.45, 7) is 2.03. The molecule has 0 bridgehead atoms. The number of halogens is 1. The van der Waals surface area contributed by atoms with Crippen LogP contribution in [0.3, 0.4) is 0 Å². The second-order valence-corrected chi connectivity index (χ2v) is 6.18. The van der Waals surface area contributed by atoms with Gasteiger partial charge in [0.05, 0.1) is 5.69 Å². The first-order valence-electron chi connectivity index (χ1n) is 7.22. The Balaban J connectivity index is 1.78. The standard InChI is InChI=1S/C19H15BrN2O/c1-13-9-10-21-18(11-13)14-5-7-15(8-6-14)19(23)22-17-4-2-3-16(20)12-17/h2-12H,1H3,(H,22,23). The lowest BCUT2D eigenvalue weighted by Gasteiger charge is -2.07. The zero-order chi connectivity index (χ0) is 16.2. The third kappa shape index (κ3) is 3.85. The first-order valence-corrected chi connectivity index (χ1v) is 8.01. The number of amides is 1. The summed E-state index contributed by atoms with van der Waals surface area (Å²) < 4.78 is 0.927. The predicted molar refractivity (Wildman–Crippen MR) is 96.5 cm³/mol. The Morgan fingerprint density at radius 2 is 1.83 bits per heavy atom. The average molecular weight is 367 g/mol.